The van der Waals surface area contributed by atoms with E-state index in [0.717, 1.165) is 18.9 Å². The molecule has 1 rings (SSSR count). The van der Waals surface area contributed by atoms with E-state index in [2.05, 4.69) is 17.3 Å². The van der Waals surface area contributed by atoms with Crippen LogP contribution in [0.15, 0.2) is 12.3 Å². The molecule has 0 aliphatic carbocycles. The van der Waals surface area contributed by atoms with Crippen molar-refractivity contribution in [2.24, 2.45) is 18.7 Å². The lowest BCUT2D eigenvalue weighted by Gasteiger charge is -2.13. The minimum Gasteiger partial charge on any atom is -0.368 e. The zero-order valence-corrected chi connectivity index (χ0v) is 9.03. The van der Waals surface area contributed by atoms with Crippen molar-refractivity contribution in [2.45, 2.75) is 19.8 Å². The van der Waals surface area contributed by atoms with E-state index in [4.69, 9.17) is 5.73 Å². The molecule has 1 aromatic heterocycles. The molecule has 0 saturated heterocycles. The van der Waals surface area contributed by atoms with Crippen LogP contribution in [-0.2, 0) is 7.05 Å². The van der Waals surface area contributed by atoms with Crippen LogP contribution in [0.3, 0.4) is 0 Å². The van der Waals surface area contributed by atoms with Gasteiger partial charge in [0.1, 0.15) is 5.82 Å². The van der Waals surface area contributed by atoms with Crippen LogP contribution in [0.25, 0.3) is 0 Å². The van der Waals surface area contributed by atoms with Gasteiger partial charge in [-0.15, -0.1) is 0 Å². The predicted molar refractivity (Wildman–Crippen MR) is 59.2 cm³/mol. The third-order valence-electron chi connectivity index (χ3n) is 2.32. The van der Waals surface area contributed by atoms with Gasteiger partial charge in [0.05, 0.1) is 0 Å². The van der Waals surface area contributed by atoms with Crippen molar-refractivity contribution in [2.75, 3.05) is 18.4 Å². The van der Waals surface area contributed by atoms with Crippen LogP contribution in [0.1, 0.15) is 19.8 Å². The highest BCUT2D eigenvalue weighted by Crippen LogP contribution is 2.07. The van der Waals surface area contributed by atoms with E-state index in [1.807, 2.05) is 19.3 Å². The highest BCUT2D eigenvalue weighted by molar-refractivity contribution is 5.31. The molecule has 0 amide bonds. The van der Waals surface area contributed by atoms with E-state index < -0.39 is 0 Å². The lowest BCUT2D eigenvalue weighted by atomic mass is 10.0. The topological polar surface area (TPSA) is 55.9 Å². The molecule has 0 spiro atoms. The van der Waals surface area contributed by atoms with E-state index in [1.54, 1.807) is 4.68 Å². The first-order valence-electron chi connectivity index (χ1n) is 5.19. The van der Waals surface area contributed by atoms with E-state index in [1.165, 1.54) is 12.8 Å². The van der Waals surface area contributed by atoms with Crippen molar-refractivity contribution in [1.29, 1.82) is 0 Å². The molecule has 0 radical (unpaired) electrons. The number of nitrogens with zero attached hydrogens (tertiary/aromatic N) is 2. The fourth-order valence-corrected chi connectivity index (χ4v) is 1.47. The van der Waals surface area contributed by atoms with Gasteiger partial charge in [-0.1, -0.05) is 13.3 Å². The number of aromatic nitrogens is 2. The molecule has 1 aromatic rings. The molecule has 0 bridgehead atoms. The SMILES string of the molecule is CCCC(CN)CNc1ccn(C)n1. The van der Waals surface area contributed by atoms with Gasteiger partial charge in [0.25, 0.3) is 0 Å². The van der Waals surface area contributed by atoms with Crippen LogP contribution in [-0.4, -0.2) is 22.9 Å². The van der Waals surface area contributed by atoms with Gasteiger partial charge in [0.2, 0.25) is 0 Å². The lowest BCUT2D eigenvalue weighted by Crippen LogP contribution is -2.22. The van der Waals surface area contributed by atoms with Crippen molar-refractivity contribution in [1.82, 2.24) is 9.78 Å². The number of nitrogens with one attached hydrogen (secondary N) is 1. The Morgan fingerprint density at radius 1 is 1.64 bits per heavy atom. The van der Waals surface area contributed by atoms with Gasteiger partial charge in [-0.3, -0.25) is 4.68 Å². The van der Waals surface area contributed by atoms with Crippen LogP contribution in [0.2, 0.25) is 0 Å². The molecule has 1 atom stereocenters. The highest BCUT2D eigenvalue weighted by Gasteiger charge is 2.05. The molecule has 80 valence electrons. The quantitative estimate of drug-likeness (QED) is 0.719. The van der Waals surface area contributed by atoms with Gasteiger partial charge < -0.3 is 11.1 Å². The maximum atomic E-state index is 5.66. The third kappa shape index (κ3) is 3.38. The fraction of sp³-hybridized carbons (Fsp3) is 0.700. The zero-order chi connectivity index (χ0) is 10.4. The molecular formula is C10H20N4. The van der Waals surface area contributed by atoms with Gasteiger partial charge in [0.15, 0.2) is 0 Å². The third-order valence-corrected chi connectivity index (χ3v) is 2.32. The van der Waals surface area contributed by atoms with Crippen molar-refractivity contribution in [3.63, 3.8) is 0 Å². The van der Waals surface area contributed by atoms with Crippen molar-refractivity contribution in [3.8, 4) is 0 Å². The van der Waals surface area contributed by atoms with Crippen LogP contribution in [0.4, 0.5) is 5.82 Å². The monoisotopic (exact) mass is 196 g/mol. The Kier molecular flexibility index (Phi) is 4.46. The summed E-state index contributed by atoms with van der Waals surface area (Å²) in [5, 5.41) is 7.53. The van der Waals surface area contributed by atoms with E-state index in [-0.39, 0.29) is 0 Å². The maximum Gasteiger partial charge on any atom is 0.147 e. The number of hydrogen-bond donors (Lipinski definition) is 2. The summed E-state index contributed by atoms with van der Waals surface area (Å²) in [5.41, 5.74) is 5.66. The summed E-state index contributed by atoms with van der Waals surface area (Å²) in [4.78, 5) is 0. The molecule has 1 heterocycles. The largest absolute Gasteiger partial charge is 0.368 e. The minimum atomic E-state index is 0.557. The molecular weight excluding hydrogens is 176 g/mol. The van der Waals surface area contributed by atoms with Crippen molar-refractivity contribution < 1.29 is 0 Å². The number of hydrogen-bond acceptors (Lipinski definition) is 3. The Morgan fingerprint density at radius 3 is 2.93 bits per heavy atom. The Balaban J connectivity index is 2.31. The summed E-state index contributed by atoms with van der Waals surface area (Å²) < 4.78 is 1.79. The van der Waals surface area contributed by atoms with Gasteiger partial charge in [0, 0.05) is 25.9 Å². The molecule has 0 aliphatic rings. The smallest absolute Gasteiger partial charge is 0.147 e. The van der Waals surface area contributed by atoms with E-state index >= 15 is 0 Å². The van der Waals surface area contributed by atoms with Crippen molar-refractivity contribution in [3.05, 3.63) is 12.3 Å². The summed E-state index contributed by atoms with van der Waals surface area (Å²) in [5.74, 6) is 1.49. The molecule has 4 heteroatoms. The average Bonchev–Trinajstić information content (AvgIpc) is 2.59. The highest BCUT2D eigenvalue weighted by atomic mass is 15.3. The molecule has 0 saturated carbocycles. The van der Waals surface area contributed by atoms with Gasteiger partial charge >= 0.3 is 0 Å². The van der Waals surface area contributed by atoms with Crippen LogP contribution < -0.4 is 11.1 Å². The number of nitrogens with two attached hydrogens (primary N) is 1. The van der Waals surface area contributed by atoms with Gasteiger partial charge in [-0.25, -0.2) is 0 Å². The summed E-state index contributed by atoms with van der Waals surface area (Å²) in [6.45, 7) is 3.85. The Bertz CT molecular complexity index is 256. The Morgan fingerprint density at radius 2 is 2.43 bits per heavy atom. The molecule has 0 aliphatic heterocycles. The average molecular weight is 196 g/mol. The summed E-state index contributed by atoms with van der Waals surface area (Å²) in [6, 6.07) is 1.97. The summed E-state index contributed by atoms with van der Waals surface area (Å²) in [7, 11) is 1.91. The Hall–Kier alpha value is -1.03. The van der Waals surface area contributed by atoms with E-state index in [0.29, 0.717) is 5.92 Å². The fourth-order valence-electron chi connectivity index (χ4n) is 1.47. The molecule has 0 fully saturated rings. The van der Waals surface area contributed by atoms with E-state index in [9.17, 15) is 0 Å². The second-order valence-electron chi connectivity index (χ2n) is 3.65. The van der Waals surface area contributed by atoms with Gasteiger partial charge in [-0.2, -0.15) is 5.10 Å². The first kappa shape index (κ1) is 11.0. The van der Waals surface area contributed by atoms with Crippen LogP contribution in [0.5, 0.6) is 0 Å². The van der Waals surface area contributed by atoms with Crippen LogP contribution in [0, 0.1) is 5.92 Å². The first-order chi connectivity index (χ1) is 6.76. The maximum absolute atomic E-state index is 5.66. The first-order valence-corrected chi connectivity index (χ1v) is 5.19. The summed E-state index contributed by atoms with van der Waals surface area (Å²) >= 11 is 0. The van der Waals surface area contributed by atoms with Crippen LogP contribution >= 0.6 is 0 Å². The molecule has 3 N–H and O–H groups in total. The molecule has 0 aromatic carbocycles. The second kappa shape index (κ2) is 5.65. The Labute approximate surface area is 85.5 Å². The number of aryl methyl sites for hydroxylation is 1. The van der Waals surface area contributed by atoms with Crippen molar-refractivity contribution >= 4 is 5.82 Å². The second-order valence-corrected chi connectivity index (χ2v) is 3.65. The van der Waals surface area contributed by atoms with Gasteiger partial charge in [-0.05, 0) is 18.9 Å². The standard InChI is InChI=1S/C10H20N4/c1-3-4-9(7-11)8-12-10-5-6-14(2)13-10/h5-6,9H,3-4,7-8,11H2,1-2H3,(H,12,13). The summed E-state index contributed by atoms with van der Waals surface area (Å²) in [6.07, 6.45) is 4.29. The molecule has 1 unspecified atom stereocenters. The minimum absolute atomic E-state index is 0.557. The number of rotatable bonds is 6. The molecule has 14 heavy (non-hydrogen) atoms. The predicted octanol–water partition coefficient (Wildman–Crippen LogP) is 1.21. The normalized spacial score (nSPS) is 12.8. The number of anilines is 1. The molecule has 4 nitrogen and oxygen atoms in total. The lowest BCUT2D eigenvalue weighted by molar-refractivity contribution is 0.513. The zero-order valence-electron chi connectivity index (χ0n) is 9.03.